The molecule has 1 aliphatic rings. The summed E-state index contributed by atoms with van der Waals surface area (Å²) in [6.07, 6.45) is 2.44. The second-order valence-corrected chi connectivity index (χ2v) is 4.26. The Kier molecular flexibility index (Phi) is 4.09. The predicted molar refractivity (Wildman–Crippen MR) is 69.1 cm³/mol. The highest BCUT2D eigenvalue weighted by atomic mass is 16.5. The molecule has 1 fully saturated rings. The van der Waals surface area contributed by atoms with Gasteiger partial charge >= 0.3 is 0 Å². The Morgan fingerprint density at radius 1 is 1.24 bits per heavy atom. The van der Waals surface area contributed by atoms with Crippen LogP contribution in [0.2, 0.25) is 0 Å². The SMILES string of the molecule is COc1ccc(N[C@H]2CCCNC2)cc1OC. The van der Waals surface area contributed by atoms with E-state index in [1.807, 2.05) is 18.2 Å². The number of piperidine rings is 1. The zero-order valence-corrected chi connectivity index (χ0v) is 10.5. The molecule has 0 unspecified atom stereocenters. The van der Waals surface area contributed by atoms with Gasteiger partial charge in [-0.25, -0.2) is 0 Å². The van der Waals surface area contributed by atoms with Crippen LogP contribution < -0.4 is 20.1 Å². The van der Waals surface area contributed by atoms with Crippen LogP contribution in [0.1, 0.15) is 12.8 Å². The highest BCUT2D eigenvalue weighted by molar-refractivity contribution is 5.55. The fourth-order valence-electron chi connectivity index (χ4n) is 2.14. The highest BCUT2D eigenvalue weighted by Gasteiger charge is 2.13. The van der Waals surface area contributed by atoms with E-state index in [-0.39, 0.29) is 0 Å². The lowest BCUT2D eigenvalue weighted by atomic mass is 10.1. The Labute approximate surface area is 102 Å². The molecule has 2 N–H and O–H groups in total. The van der Waals surface area contributed by atoms with E-state index in [2.05, 4.69) is 10.6 Å². The van der Waals surface area contributed by atoms with Crippen LogP contribution in [-0.4, -0.2) is 33.4 Å². The molecule has 1 aliphatic heterocycles. The van der Waals surface area contributed by atoms with Gasteiger partial charge in [-0.05, 0) is 31.5 Å². The maximum atomic E-state index is 5.29. The van der Waals surface area contributed by atoms with Gasteiger partial charge < -0.3 is 20.1 Å². The van der Waals surface area contributed by atoms with Gasteiger partial charge in [0.25, 0.3) is 0 Å². The molecule has 1 heterocycles. The van der Waals surface area contributed by atoms with Gasteiger partial charge in [-0.15, -0.1) is 0 Å². The standard InChI is InChI=1S/C13H20N2O2/c1-16-12-6-5-10(8-13(12)17-2)15-11-4-3-7-14-9-11/h5-6,8,11,14-15H,3-4,7,9H2,1-2H3/t11-/m0/s1. The van der Waals surface area contributed by atoms with E-state index in [0.29, 0.717) is 6.04 Å². The van der Waals surface area contributed by atoms with Crippen molar-refractivity contribution in [2.75, 3.05) is 32.6 Å². The summed E-state index contributed by atoms with van der Waals surface area (Å²) in [5.74, 6) is 1.53. The Balaban J connectivity index is 2.05. The molecule has 0 radical (unpaired) electrons. The average Bonchev–Trinajstić information content (AvgIpc) is 2.40. The molecule has 0 aromatic heterocycles. The van der Waals surface area contributed by atoms with E-state index in [1.54, 1.807) is 14.2 Å². The van der Waals surface area contributed by atoms with E-state index in [9.17, 15) is 0 Å². The second-order valence-electron chi connectivity index (χ2n) is 4.26. The van der Waals surface area contributed by atoms with Crippen molar-refractivity contribution in [3.05, 3.63) is 18.2 Å². The lowest BCUT2D eigenvalue weighted by molar-refractivity contribution is 0.355. The van der Waals surface area contributed by atoms with Gasteiger partial charge in [-0.1, -0.05) is 0 Å². The summed E-state index contributed by atoms with van der Waals surface area (Å²) in [6.45, 7) is 2.15. The molecule has 0 bridgehead atoms. The maximum Gasteiger partial charge on any atom is 0.162 e. The number of methoxy groups -OCH3 is 2. The fraction of sp³-hybridized carbons (Fsp3) is 0.538. The van der Waals surface area contributed by atoms with E-state index in [4.69, 9.17) is 9.47 Å². The summed E-state index contributed by atoms with van der Waals surface area (Å²) >= 11 is 0. The van der Waals surface area contributed by atoms with Gasteiger partial charge in [-0.3, -0.25) is 0 Å². The third-order valence-corrected chi connectivity index (χ3v) is 3.05. The van der Waals surface area contributed by atoms with Crippen molar-refractivity contribution >= 4 is 5.69 Å². The molecule has 4 nitrogen and oxygen atoms in total. The minimum Gasteiger partial charge on any atom is -0.493 e. The van der Waals surface area contributed by atoms with E-state index >= 15 is 0 Å². The third kappa shape index (κ3) is 3.03. The molecule has 0 saturated carbocycles. The van der Waals surface area contributed by atoms with E-state index in [0.717, 1.165) is 30.3 Å². The van der Waals surface area contributed by atoms with Crippen LogP contribution in [0, 0.1) is 0 Å². The van der Waals surface area contributed by atoms with Crippen molar-refractivity contribution in [1.82, 2.24) is 5.32 Å². The van der Waals surface area contributed by atoms with E-state index in [1.165, 1.54) is 12.8 Å². The summed E-state index contributed by atoms with van der Waals surface area (Å²) in [7, 11) is 3.31. The molecule has 1 saturated heterocycles. The van der Waals surface area contributed by atoms with Crippen molar-refractivity contribution < 1.29 is 9.47 Å². The first-order valence-electron chi connectivity index (χ1n) is 6.03. The summed E-state index contributed by atoms with van der Waals surface area (Å²) in [4.78, 5) is 0. The van der Waals surface area contributed by atoms with Gasteiger partial charge in [0.05, 0.1) is 14.2 Å². The summed E-state index contributed by atoms with van der Waals surface area (Å²) in [5.41, 5.74) is 1.08. The Morgan fingerprint density at radius 3 is 2.71 bits per heavy atom. The monoisotopic (exact) mass is 236 g/mol. The fourth-order valence-corrected chi connectivity index (χ4v) is 2.14. The summed E-state index contributed by atoms with van der Waals surface area (Å²) < 4.78 is 10.5. The largest absolute Gasteiger partial charge is 0.493 e. The molecule has 0 spiro atoms. The van der Waals surface area contributed by atoms with Gasteiger partial charge in [-0.2, -0.15) is 0 Å². The number of benzene rings is 1. The Bertz CT molecular complexity index is 362. The first-order valence-corrected chi connectivity index (χ1v) is 6.03. The molecule has 17 heavy (non-hydrogen) atoms. The van der Waals surface area contributed by atoms with Crippen molar-refractivity contribution in [1.29, 1.82) is 0 Å². The molecule has 1 aromatic rings. The van der Waals surface area contributed by atoms with Gasteiger partial charge in [0.2, 0.25) is 0 Å². The number of rotatable bonds is 4. The van der Waals surface area contributed by atoms with Gasteiger partial charge in [0, 0.05) is 24.3 Å². The number of nitrogens with one attached hydrogen (secondary N) is 2. The predicted octanol–water partition coefficient (Wildman–Crippen LogP) is 1.87. The number of hydrogen-bond donors (Lipinski definition) is 2. The molecule has 1 atom stereocenters. The van der Waals surface area contributed by atoms with Crippen LogP contribution in [0.25, 0.3) is 0 Å². The lowest BCUT2D eigenvalue weighted by Gasteiger charge is -2.25. The molecule has 0 aliphatic carbocycles. The van der Waals surface area contributed by atoms with Crippen LogP contribution in [0.4, 0.5) is 5.69 Å². The zero-order chi connectivity index (χ0) is 12.1. The van der Waals surface area contributed by atoms with Crippen LogP contribution in [-0.2, 0) is 0 Å². The zero-order valence-electron chi connectivity index (χ0n) is 10.5. The number of anilines is 1. The Morgan fingerprint density at radius 2 is 2.06 bits per heavy atom. The van der Waals surface area contributed by atoms with Crippen molar-refractivity contribution in [3.8, 4) is 11.5 Å². The first kappa shape index (κ1) is 12.0. The van der Waals surface area contributed by atoms with Crippen LogP contribution >= 0.6 is 0 Å². The number of ether oxygens (including phenoxy) is 2. The van der Waals surface area contributed by atoms with E-state index < -0.39 is 0 Å². The van der Waals surface area contributed by atoms with Gasteiger partial charge in [0.15, 0.2) is 11.5 Å². The van der Waals surface area contributed by atoms with Gasteiger partial charge in [0.1, 0.15) is 0 Å². The molecular weight excluding hydrogens is 216 g/mol. The van der Waals surface area contributed by atoms with Crippen LogP contribution in [0.3, 0.4) is 0 Å². The average molecular weight is 236 g/mol. The maximum absolute atomic E-state index is 5.29. The van der Waals surface area contributed by atoms with Crippen molar-refractivity contribution in [3.63, 3.8) is 0 Å². The molecule has 4 heteroatoms. The number of hydrogen-bond acceptors (Lipinski definition) is 4. The first-order chi connectivity index (χ1) is 8.33. The summed E-state index contributed by atoms with van der Waals surface area (Å²) in [5, 5.41) is 6.90. The Hall–Kier alpha value is -1.42. The molecule has 0 amide bonds. The molecule has 1 aromatic carbocycles. The lowest BCUT2D eigenvalue weighted by Crippen LogP contribution is -2.38. The van der Waals surface area contributed by atoms with Crippen LogP contribution in [0.15, 0.2) is 18.2 Å². The molecular formula is C13H20N2O2. The van der Waals surface area contributed by atoms with Crippen LogP contribution in [0.5, 0.6) is 11.5 Å². The molecule has 94 valence electrons. The van der Waals surface area contributed by atoms with Crippen molar-refractivity contribution in [2.24, 2.45) is 0 Å². The normalized spacial score (nSPS) is 19.8. The highest BCUT2D eigenvalue weighted by Crippen LogP contribution is 2.30. The second kappa shape index (κ2) is 5.77. The third-order valence-electron chi connectivity index (χ3n) is 3.05. The quantitative estimate of drug-likeness (QED) is 0.837. The minimum absolute atomic E-state index is 0.502. The van der Waals surface area contributed by atoms with Crippen molar-refractivity contribution in [2.45, 2.75) is 18.9 Å². The summed E-state index contributed by atoms with van der Waals surface area (Å²) in [6, 6.07) is 6.43. The molecule has 2 rings (SSSR count). The topological polar surface area (TPSA) is 42.5 Å². The smallest absolute Gasteiger partial charge is 0.162 e. The minimum atomic E-state index is 0.502.